The standard InChI is InChI=1S/C10H12N4O/c1-6-7(2)9(15-3)5-4-8(6)10-11-13-14-12-10/h4-5H,1-3H3,(H,11,12,13,14). The maximum atomic E-state index is 5.23. The van der Waals surface area contributed by atoms with E-state index in [1.54, 1.807) is 7.11 Å². The van der Waals surface area contributed by atoms with Crippen LogP contribution >= 0.6 is 0 Å². The zero-order valence-corrected chi connectivity index (χ0v) is 8.90. The van der Waals surface area contributed by atoms with Crippen molar-refractivity contribution in [3.63, 3.8) is 0 Å². The fourth-order valence-electron chi connectivity index (χ4n) is 1.54. The number of benzene rings is 1. The van der Waals surface area contributed by atoms with Gasteiger partial charge in [0, 0.05) is 5.56 Å². The van der Waals surface area contributed by atoms with Gasteiger partial charge in [-0.2, -0.15) is 5.21 Å². The third-order valence-corrected chi connectivity index (χ3v) is 2.54. The summed E-state index contributed by atoms with van der Waals surface area (Å²) in [7, 11) is 1.66. The molecule has 1 heterocycles. The van der Waals surface area contributed by atoms with E-state index in [1.165, 1.54) is 0 Å². The SMILES string of the molecule is COc1ccc(-c2nn[nH]n2)c(C)c1C. The van der Waals surface area contributed by atoms with Crippen LogP contribution in [0.5, 0.6) is 5.75 Å². The molecule has 1 N–H and O–H groups in total. The Hall–Kier alpha value is -1.91. The van der Waals surface area contributed by atoms with Gasteiger partial charge in [-0.3, -0.25) is 0 Å². The van der Waals surface area contributed by atoms with Crippen LogP contribution in [0.1, 0.15) is 11.1 Å². The van der Waals surface area contributed by atoms with Gasteiger partial charge in [0.1, 0.15) is 5.75 Å². The number of nitrogens with zero attached hydrogens (tertiary/aromatic N) is 3. The second-order valence-corrected chi connectivity index (χ2v) is 3.30. The topological polar surface area (TPSA) is 63.7 Å². The highest BCUT2D eigenvalue weighted by Gasteiger charge is 2.10. The minimum Gasteiger partial charge on any atom is -0.496 e. The molecule has 0 unspecified atom stereocenters. The first-order valence-electron chi connectivity index (χ1n) is 4.62. The molecule has 0 spiro atoms. The molecule has 0 saturated carbocycles. The zero-order valence-electron chi connectivity index (χ0n) is 8.90. The van der Waals surface area contributed by atoms with E-state index in [-0.39, 0.29) is 0 Å². The van der Waals surface area contributed by atoms with Crippen molar-refractivity contribution in [1.82, 2.24) is 20.6 Å². The number of H-pyrrole nitrogens is 1. The fourth-order valence-corrected chi connectivity index (χ4v) is 1.54. The van der Waals surface area contributed by atoms with Crippen LogP contribution < -0.4 is 4.74 Å². The number of hydrogen-bond donors (Lipinski definition) is 1. The molecule has 5 nitrogen and oxygen atoms in total. The molecule has 1 aromatic heterocycles. The minimum atomic E-state index is 0.609. The molecular weight excluding hydrogens is 192 g/mol. The second kappa shape index (κ2) is 3.68. The van der Waals surface area contributed by atoms with Crippen LogP contribution in [-0.4, -0.2) is 27.7 Å². The van der Waals surface area contributed by atoms with Crippen molar-refractivity contribution in [1.29, 1.82) is 0 Å². The molecule has 0 aliphatic rings. The predicted molar refractivity (Wildman–Crippen MR) is 55.6 cm³/mol. The molecule has 0 aliphatic carbocycles. The summed E-state index contributed by atoms with van der Waals surface area (Å²) in [6.07, 6.45) is 0. The summed E-state index contributed by atoms with van der Waals surface area (Å²) < 4.78 is 5.23. The second-order valence-electron chi connectivity index (χ2n) is 3.30. The Balaban J connectivity index is 2.56. The van der Waals surface area contributed by atoms with Crippen LogP contribution in [0.15, 0.2) is 12.1 Å². The summed E-state index contributed by atoms with van der Waals surface area (Å²) in [6.45, 7) is 4.03. The Morgan fingerprint density at radius 1 is 1.20 bits per heavy atom. The van der Waals surface area contributed by atoms with Crippen LogP contribution in [0, 0.1) is 13.8 Å². The molecule has 0 amide bonds. The number of methoxy groups -OCH3 is 1. The lowest BCUT2D eigenvalue weighted by Crippen LogP contribution is -1.93. The Morgan fingerprint density at radius 3 is 2.60 bits per heavy atom. The smallest absolute Gasteiger partial charge is 0.204 e. The molecule has 0 radical (unpaired) electrons. The molecule has 0 bridgehead atoms. The molecule has 15 heavy (non-hydrogen) atoms. The van der Waals surface area contributed by atoms with E-state index in [0.29, 0.717) is 5.82 Å². The first-order valence-corrected chi connectivity index (χ1v) is 4.62. The van der Waals surface area contributed by atoms with Crippen LogP contribution in [-0.2, 0) is 0 Å². The number of nitrogens with one attached hydrogen (secondary N) is 1. The van der Waals surface area contributed by atoms with Crippen molar-refractivity contribution >= 4 is 0 Å². The highest BCUT2D eigenvalue weighted by atomic mass is 16.5. The molecule has 2 aromatic rings. The van der Waals surface area contributed by atoms with E-state index in [2.05, 4.69) is 20.6 Å². The number of aromatic nitrogens is 4. The van der Waals surface area contributed by atoms with Gasteiger partial charge < -0.3 is 4.74 Å². The van der Waals surface area contributed by atoms with E-state index in [1.807, 2.05) is 26.0 Å². The van der Waals surface area contributed by atoms with E-state index < -0.39 is 0 Å². The zero-order chi connectivity index (χ0) is 10.8. The molecule has 0 saturated heterocycles. The Labute approximate surface area is 87.5 Å². The van der Waals surface area contributed by atoms with Gasteiger partial charge in [0.25, 0.3) is 0 Å². The quantitative estimate of drug-likeness (QED) is 0.805. The summed E-state index contributed by atoms with van der Waals surface area (Å²) in [5.41, 5.74) is 3.18. The van der Waals surface area contributed by atoms with Crippen molar-refractivity contribution in [2.24, 2.45) is 0 Å². The Morgan fingerprint density at radius 2 is 2.00 bits per heavy atom. The third kappa shape index (κ3) is 1.56. The average molecular weight is 204 g/mol. The van der Waals surface area contributed by atoms with Gasteiger partial charge in [-0.1, -0.05) is 0 Å². The van der Waals surface area contributed by atoms with Crippen molar-refractivity contribution in [2.45, 2.75) is 13.8 Å². The van der Waals surface area contributed by atoms with Gasteiger partial charge in [-0.15, -0.1) is 10.2 Å². The molecule has 0 fully saturated rings. The lowest BCUT2D eigenvalue weighted by molar-refractivity contribution is 0.411. The molecule has 5 heteroatoms. The van der Waals surface area contributed by atoms with Gasteiger partial charge in [-0.05, 0) is 42.3 Å². The first kappa shape index (κ1) is 9.64. The molecule has 0 aliphatic heterocycles. The summed E-state index contributed by atoms with van der Waals surface area (Å²) in [5.74, 6) is 1.48. The highest BCUT2D eigenvalue weighted by Crippen LogP contribution is 2.28. The normalized spacial score (nSPS) is 10.3. The van der Waals surface area contributed by atoms with Crippen molar-refractivity contribution in [2.75, 3.05) is 7.11 Å². The summed E-state index contributed by atoms with van der Waals surface area (Å²) in [5, 5.41) is 13.9. The Bertz CT molecular complexity index is 465. The van der Waals surface area contributed by atoms with Gasteiger partial charge in [0.15, 0.2) is 0 Å². The monoisotopic (exact) mass is 204 g/mol. The van der Waals surface area contributed by atoms with Gasteiger partial charge in [0.2, 0.25) is 5.82 Å². The lowest BCUT2D eigenvalue weighted by Gasteiger charge is -2.09. The van der Waals surface area contributed by atoms with Crippen molar-refractivity contribution in [3.05, 3.63) is 23.3 Å². The van der Waals surface area contributed by atoms with E-state index in [9.17, 15) is 0 Å². The predicted octanol–water partition coefficient (Wildman–Crippen LogP) is 1.49. The summed E-state index contributed by atoms with van der Waals surface area (Å²) in [6, 6.07) is 3.85. The Kier molecular flexibility index (Phi) is 2.37. The van der Waals surface area contributed by atoms with Gasteiger partial charge in [0.05, 0.1) is 7.11 Å². The number of ether oxygens (including phenoxy) is 1. The first-order chi connectivity index (χ1) is 7.24. The molecule has 2 rings (SSSR count). The van der Waals surface area contributed by atoms with Crippen LogP contribution in [0.25, 0.3) is 11.4 Å². The van der Waals surface area contributed by atoms with Crippen molar-refractivity contribution in [3.8, 4) is 17.1 Å². The minimum absolute atomic E-state index is 0.609. The third-order valence-electron chi connectivity index (χ3n) is 2.54. The molecule has 1 aromatic carbocycles. The molecular formula is C10H12N4O. The molecule has 78 valence electrons. The van der Waals surface area contributed by atoms with Crippen molar-refractivity contribution < 1.29 is 4.74 Å². The number of aromatic amines is 1. The van der Waals surface area contributed by atoms with Gasteiger partial charge >= 0.3 is 0 Å². The van der Waals surface area contributed by atoms with Crippen LogP contribution in [0.4, 0.5) is 0 Å². The maximum Gasteiger partial charge on any atom is 0.204 e. The van der Waals surface area contributed by atoms with E-state index >= 15 is 0 Å². The van der Waals surface area contributed by atoms with E-state index in [0.717, 1.165) is 22.4 Å². The highest BCUT2D eigenvalue weighted by molar-refractivity contribution is 5.63. The fraction of sp³-hybridized carbons (Fsp3) is 0.300. The largest absolute Gasteiger partial charge is 0.496 e. The summed E-state index contributed by atoms with van der Waals surface area (Å²) >= 11 is 0. The lowest BCUT2D eigenvalue weighted by atomic mass is 10.0. The number of hydrogen-bond acceptors (Lipinski definition) is 4. The van der Waals surface area contributed by atoms with Crippen LogP contribution in [0.3, 0.4) is 0 Å². The van der Waals surface area contributed by atoms with E-state index in [4.69, 9.17) is 4.74 Å². The van der Waals surface area contributed by atoms with Crippen LogP contribution in [0.2, 0.25) is 0 Å². The summed E-state index contributed by atoms with van der Waals surface area (Å²) in [4.78, 5) is 0. The van der Waals surface area contributed by atoms with Gasteiger partial charge in [-0.25, -0.2) is 0 Å². The molecule has 0 atom stereocenters. The number of tetrazole rings is 1. The number of rotatable bonds is 2. The average Bonchev–Trinajstić information content (AvgIpc) is 2.75. The maximum absolute atomic E-state index is 5.23.